The molecule has 0 bridgehead atoms. The summed E-state index contributed by atoms with van der Waals surface area (Å²) in [4.78, 5) is 69.7. The zero-order valence-electron chi connectivity index (χ0n) is 23.8. The number of amides is 4. The number of benzene rings is 1. The van der Waals surface area contributed by atoms with Crippen LogP contribution in [0.25, 0.3) is 10.9 Å². The number of primary amides is 1. The number of rotatable bonds is 17. The van der Waals surface area contributed by atoms with Crippen LogP contribution in [0.2, 0.25) is 0 Å². The minimum Gasteiger partial charge on any atom is -0.480 e. The largest absolute Gasteiger partial charge is 0.480 e. The first kappa shape index (κ1) is 33.5. The van der Waals surface area contributed by atoms with Crippen molar-refractivity contribution < 1.29 is 29.1 Å². The lowest BCUT2D eigenvalue weighted by Crippen LogP contribution is -2.58. The number of nitrogens with one attached hydrogen (secondary N) is 4. The fraction of sp³-hybridized carbons (Fsp3) is 0.481. The fourth-order valence-corrected chi connectivity index (χ4v) is 4.25. The Labute approximate surface area is 243 Å². The number of fused-ring (bicyclic) bond motifs is 1. The lowest BCUT2D eigenvalue weighted by molar-refractivity contribution is -0.143. The summed E-state index contributed by atoms with van der Waals surface area (Å²) in [5.41, 5.74) is 23.5. The van der Waals surface area contributed by atoms with E-state index >= 15 is 0 Å². The van der Waals surface area contributed by atoms with E-state index in [-0.39, 0.29) is 38.2 Å². The Morgan fingerprint density at radius 3 is 2.19 bits per heavy atom. The third kappa shape index (κ3) is 10.4. The molecule has 15 heteroatoms. The first-order valence-electron chi connectivity index (χ1n) is 13.6. The van der Waals surface area contributed by atoms with Crippen molar-refractivity contribution in [3.05, 3.63) is 36.0 Å². The number of aromatic amines is 1. The van der Waals surface area contributed by atoms with E-state index in [1.165, 1.54) is 0 Å². The van der Waals surface area contributed by atoms with Crippen molar-refractivity contribution in [3.8, 4) is 0 Å². The average molecular weight is 588 g/mol. The second-order valence-electron chi connectivity index (χ2n) is 10.3. The summed E-state index contributed by atoms with van der Waals surface area (Å²) in [6.07, 6.45) is 1.97. The number of nitrogens with two attached hydrogens (primary N) is 4. The molecule has 4 amide bonds. The predicted octanol–water partition coefficient (Wildman–Crippen LogP) is -1.45. The number of carbonyl (C=O) groups is 5. The number of aromatic nitrogens is 1. The van der Waals surface area contributed by atoms with Gasteiger partial charge < -0.3 is 49.0 Å². The van der Waals surface area contributed by atoms with Crippen molar-refractivity contribution in [2.75, 3.05) is 6.54 Å². The van der Waals surface area contributed by atoms with Gasteiger partial charge in [0.15, 0.2) is 5.96 Å². The van der Waals surface area contributed by atoms with Gasteiger partial charge in [-0.3, -0.25) is 24.2 Å². The summed E-state index contributed by atoms with van der Waals surface area (Å²) in [6, 6.07) is 2.70. The van der Waals surface area contributed by atoms with Crippen LogP contribution in [0.1, 0.15) is 45.1 Å². The van der Waals surface area contributed by atoms with Crippen molar-refractivity contribution in [1.82, 2.24) is 20.9 Å². The van der Waals surface area contributed by atoms with Gasteiger partial charge in [-0.25, -0.2) is 4.79 Å². The molecule has 1 aromatic heterocycles. The molecule has 42 heavy (non-hydrogen) atoms. The fourth-order valence-electron chi connectivity index (χ4n) is 4.25. The third-order valence-corrected chi connectivity index (χ3v) is 6.58. The van der Waals surface area contributed by atoms with Crippen molar-refractivity contribution in [2.45, 2.75) is 70.1 Å². The van der Waals surface area contributed by atoms with Gasteiger partial charge in [-0.15, -0.1) is 0 Å². The third-order valence-electron chi connectivity index (χ3n) is 6.58. The van der Waals surface area contributed by atoms with Gasteiger partial charge in [0.1, 0.15) is 18.1 Å². The maximum absolute atomic E-state index is 13.6. The SMILES string of the molecule is CC(C)C(NC(=O)C(CCC(N)=O)NC(=O)C(Cc1c[nH]c2ccccc12)NC(=O)C(N)CCCN=C(N)N)C(=O)O. The molecule has 1 heterocycles. The quantitative estimate of drug-likeness (QED) is 0.0594. The minimum absolute atomic E-state index is 0.0379. The Balaban J connectivity index is 2.29. The van der Waals surface area contributed by atoms with Crippen LogP contribution in [-0.4, -0.2) is 76.4 Å². The first-order chi connectivity index (χ1) is 19.8. The summed E-state index contributed by atoms with van der Waals surface area (Å²) in [5.74, 6) is -4.65. The number of hydrogen-bond donors (Lipinski definition) is 9. The molecular formula is C27H41N9O6. The number of H-pyrrole nitrogens is 1. The predicted molar refractivity (Wildman–Crippen MR) is 157 cm³/mol. The summed E-state index contributed by atoms with van der Waals surface area (Å²) in [7, 11) is 0. The highest BCUT2D eigenvalue weighted by Crippen LogP contribution is 2.19. The van der Waals surface area contributed by atoms with Gasteiger partial charge in [0.05, 0.1) is 6.04 Å². The van der Waals surface area contributed by atoms with Crippen LogP contribution in [0.15, 0.2) is 35.5 Å². The van der Waals surface area contributed by atoms with Gasteiger partial charge in [-0.05, 0) is 36.8 Å². The molecule has 1 aromatic carbocycles. The molecule has 0 saturated heterocycles. The van der Waals surface area contributed by atoms with Gasteiger partial charge in [0.25, 0.3) is 0 Å². The van der Waals surface area contributed by atoms with Crippen LogP contribution in [-0.2, 0) is 30.4 Å². The number of carboxylic acids is 1. The second kappa shape index (κ2) is 16.0. The van der Waals surface area contributed by atoms with Crippen molar-refractivity contribution in [1.29, 1.82) is 0 Å². The molecule has 230 valence electrons. The van der Waals surface area contributed by atoms with Crippen molar-refractivity contribution in [2.24, 2.45) is 33.8 Å². The second-order valence-corrected chi connectivity index (χ2v) is 10.3. The van der Waals surface area contributed by atoms with E-state index in [0.29, 0.717) is 6.42 Å². The molecule has 15 nitrogen and oxygen atoms in total. The first-order valence-corrected chi connectivity index (χ1v) is 13.6. The number of aliphatic carboxylic acids is 1. The molecule has 0 fully saturated rings. The molecule has 2 rings (SSSR count). The molecule has 0 aliphatic rings. The van der Waals surface area contributed by atoms with Crippen LogP contribution in [0.5, 0.6) is 0 Å². The maximum Gasteiger partial charge on any atom is 0.326 e. The Hall–Kier alpha value is -4.66. The number of nitrogens with zero attached hydrogens (tertiary/aromatic N) is 1. The van der Waals surface area contributed by atoms with Crippen LogP contribution >= 0.6 is 0 Å². The standard InChI is InChI=1S/C27H41N9O6/c1-14(2)22(26(41)42)36-24(39)19(9-10-21(29)37)34-25(40)20(12-15-13-33-18-8-4-3-6-16(15)18)35-23(38)17(28)7-5-11-32-27(30)31/h3-4,6,8,13-14,17,19-20,22,33H,5,7,9-12,28H2,1-2H3,(H2,29,37)(H,34,40)(H,35,38)(H,36,39)(H,41,42)(H4,30,31,32). The van der Waals surface area contributed by atoms with Crippen LogP contribution < -0.4 is 38.9 Å². The Morgan fingerprint density at radius 2 is 1.57 bits per heavy atom. The molecule has 0 radical (unpaired) electrons. The molecule has 4 unspecified atom stereocenters. The van der Waals surface area contributed by atoms with Crippen molar-refractivity contribution >= 4 is 46.5 Å². The lowest BCUT2D eigenvalue weighted by atomic mass is 10.0. The summed E-state index contributed by atoms with van der Waals surface area (Å²) >= 11 is 0. The Bertz CT molecular complexity index is 1290. The molecule has 0 spiro atoms. The normalized spacial score (nSPS) is 13.9. The summed E-state index contributed by atoms with van der Waals surface area (Å²) in [5, 5.41) is 17.9. The highest BCUT2D eigenvalue weighted by atomic mass is 16.4. The topological polar surface area (TPSA) is 274 Å². The van der Waals surface area contributed by atoms with Crippen LogP contribution in [0, 0.1) is 5.92 Å². The number of carbonyl (C=O) groups excluding carboxylic acids is 4. The smallest absolute Gasteiger partial charge is 0.326 e. The van der Waals surface area contributed by atoms with E-state index in [2.05, 4.69) is 25.9 Å². The number of para-hydroxylation sites is 1. The molecule has 13 N–H and O–H groups in total. The zero-order chi connectivity index (χ0) is 31.4. The number of aliphatic imine (C=N–C) groups is 1. The highest BCUT2D eigenvalue weighted by Gasteiger charge is 2.32. The molecule has 4 atom stereocenters. The monoisotopic (exact) mass is 587 g/mol. The molecular weight excluding hydrogens is 546 g/mol. The van der Waals surface area contributed by atoms with Gasteiger partial charge in [0, 0.05) is 36.5 Å². The maximum atomic E-state index is 13.6. The van der Waals surface area contributed by atoms with Crippen LogP contribution in [0.3, 0.4) is 0 Å². The van der Waals surface area contributed by atoms with E-state index < -0.39 is 59.7 Å². The van der Waals surface area contributed by atoms with Gasteiger partial charge >= 0.3 is 5.97 Å². The summed E-state index contributed by atoms with van der Waals surface area (Å²) < 4.78 is 0. The number of hydrogen-bond acceptors (Lipinski definition) is 7. The average Bonchev–Trinajstić information content (AvgIpc) is 3.33. The van der Waals surface area contributed by atoms with E-state index in [0.717, 1.165) is 16.5 Å². The Morgan fingerprint density at radius 1 is 0.929 bits per heavy atom. The van der Waals surface area contributed by atoms with E-state index in [9.17, 15) is 29.1 Å². The van der Waals surface area contributed by atoms with Crippen molar-refractivity contribution in [3.63, 3.8) is 0 Å². The Kier molecular flexibility index (Phi) is 12.7. The molecule has 0 aliphatic heterocycles. The number of guanidine groups is 1. The van der Waals surface area contributed by atoms with E-state index in [4.69, 9.17) is 22.9 Å². The summed E-state index contributed by atoms with van der Waals surface area (Å²) in [6.45, 7) is 3.50. The van der Waals surface area contributed by atoms with E-state index in [1.54, 1.807) is 20.0 Å². The molecule has 0 saturated carbocycles. The van der Waals surface area contributed by atoms with Crippen LogP contribution in [0.4, 0.5) is 0 Å². The lowest BCUT2D eigenvalue weighted by Gasteiger charge is -2.26. The van der Waals surface area contributed by atoms with E-state index in [1.807, 2.05) is 24.3 Å². The number of carboxylic acid groups (broad SMARTS) is 1. The molecule has 0 aliphatic carbocycles. The van der Waals surface area contributed by atoms with Gasteiger partial charge in [0.2, 0.25) is 23.6 Å². The highest BCUT2D eigenvalue weighted by molar-refractivity contribution is 5.95. The molecule has 2 aromatic rings. The van der Waals surface area contributed by atoms with Gasteiger partial charge in [-0.2, -0.15) is 0 Å². The van der Waals surface area contributed by atoms with Gasteiger partial charge in [-0.1, -0.05) is 32.0 Å². The minimum atomic E-state index is -1.30. The zero-order valence-corrected chi connectivity index (χ0v) is 23.8.